The quantitative estimate of drug-likeness (QED) is 0.542. The van der Waals surface area contributed by atoms with Gasteiger partial charge in [0.2, 0.25) is 11.8 Å². The van der Waals surface area contributed by atoms with Gasteiger partial charge in [0.1, 0.15) is 11.4 Å². The molecule has 2 fully saturated rings. The van der Waals surface area contributed by atoms with Crippen LogP contribution in [0.15, 0.2) is 12.1 Å². The zero-order valence-electron chi connectivity index (χ0n) is 20.8. The highest BCUT2D eigenvalue weighted by Crippen LogP contribution is 2.47. The van der Waals surface area contributed by atoms with E-state index in [0.29, 0.717) is 25.9 Å². The number of carbonyl (C=O) groups excluding carboxylic acids is 2. The summed E-state index contributed by atoms with van der Waals surface area (Å²) in [5, 5.41) is 14.5. The Hall–Kier alpha value is -2.75. The molecular formula is C25H34F2N4O4. The summed E-state index contributed by atoms with van der Waals surface area (Å²) in [6, 6.07) is 1.01. The van der Waals surface area contributed by atoms with Crippen LogP contribution >= 0.6 is 0 Å². The van der Waals surface area contributed by atoms with Crippen LogP contribution in [-0.2, 0) is 14.3 Å². The maximum absolute atomic E-state index is 14.4. The molecule has 8 nitrogen and oxygen atoms in total. The lowest BCUT2D eigenvalue weighted by atomic mass is 9.89. The number of guanidine groups is 1. The predicted octanol–water partition coefficient (Wildman–Crippen LogP) is 3.26. The number of amides is 2. The van der Waals surface area contributed by atoms with Gasteiger partial charge in [-0.1, -0.05) is 0 Å². The Labute approximate surface area is 204 Å². The Kier molecular flexibility index (Phi) is 6.54. The number of carbonyl (C=O) groups is 2. The summed E-state index contributed by atoms with van der Waals surface area (Å²) in [5.74, 6) is -2.45. The first kappa shape index (κ1) is 25.3. The van der Waals surface area contributed by atoms with Crippen LogP contribution in [-0.4, -0.2) is 53.6 Å². The molecule has 0 spiro atoms. The van der Waals surface area contributed by atoms with Gasteiger partial charge in [0, 0.05) is 55.7 Å². The van der Waals surface area contributed by atoms with Crippen molar-refractivity contribution in [3.8, 4) is 5.75 Å². The molecule has 1 aromatic rings. The maximum Gasteiger partial charge on any atom is 0.231 e. The van der Waals surface area contributed by atoms with Crippen molar-refractivity contribution < 1.29 is 27.8 Å². The van der Waals surface area contributed by atoms with E-state index in [-0.39, 0.29) is 53.4 Å². The lowest BCUT2D eigenvalue weighted by Crippen LogP contribution is -2.63. The van der Waals surface area contributed by atoms with Gasteiger partial charge < -0.3 is 20.1 Å². The summed E-state index contributed by atoms with van der Waals surface area (Å²) in [6.07, 6.45) is 1.64. The first-order valence-electron chi connectivity index (χ1n) is 12.0. The molecule has 192 valence electrons. The maximum atomic E-state index is 14.4. The third-order valence-corrected chi connectivity index (χ3v) is 6.98. The first-order chi connectivity index (χ1) is 16.3. The van der Waals surface area contributed by atoms with Crippen LogP contribution in [0, 0.1) is 28.9 Å². The third-order valence-electron chi connectivity index (χ3n) is 6.98. The molecule has 1 saturated heterocycles. The van der Waals surface area contributed by atoms with Crippen molar-refractivity contribution in [3.63, 3.8) is 0 Å². The van der Waals surface area contributed by atoms with E-state index in [1.165, 1.54) is 11.0 Å². The Bertz CT molecular complexity index is 1020. The van der Waals surface area contributed by atoms with Crippen LogP contribution in [0.4, 0.5) is 8.78 Å². The highest BCUT2D eigenvalue weighted by Gasteiger charge is 2.53. The average Bonchev–Trinajstić information content (AvgIpc) is 3.50. The summed E-state index contributed by atoms with van der Waals surface area (Å²) < 4.78 is 39.4. The fraction of sp³-hybridized carbons (Fsp3) is 0.640. The van der Waals surface area contributed by atoms with Gasteiger partial charge in [-0.05, 0) is 52.5 Å². The van der Waals surface area contributed by atoms with Gasteiger partial charge in [-0.25, -0.2) is 8.78 Å². The van der Waals surface area contributed by atoms with Crippen molar-refractivity contribution in [2.75, 3.05) is 13.7 Å². The van der Waals surface area contributed by atoms with Crippen molar-refractivity contribution in [1.29, 1.82) is 5.41 Å². The van der Waals surface area contributed by atoms with E-state index < -0.39 is 28.8 Å². The highest BCUT2D eigenvalue weighted by molar-refractivity contribution is 5.99. The SMILES string of the molecule is COCC[C@H](C1C[C@H]1C(=O)N[C@@H]1CC(C)(C)Oc2c(F)cc(F)cc21)N1C(=N)NC(C)(C)CC1=O. The minimum Gasteiger partial charge on any atom is -0.484 e. The Morgan fingerprint density at radius 3 is 2.71 bits per heavy atom. The van der Waals surface area contributed by atoms with Crippen molar-refractivity contribution in [2.24, 2.45) is 11.8 Å². The number of rotatable bonds is 7. The topological polar surface area (TPSA) is 104 Å². The third kappa shape index (κ3) is 5.27. The molecule has 2 amide bonds. The van der Waals surface area contributed by atoms with E-state index in [1.54, 1.807) is 21.0 Å². The van der Waals surface area contributed by atoms with Crippen LogP contribution in [0.3, 0.4) is 0 Å². The van der Waals surface area contributed by atoms with Gasteiger partial charge in [-0.15, -0.1) is 0 Å². The second-order valence-electron chi connectivity index (χ2n) is 11.1. The van der Waals surface area contributed by atoms with E-state index in [1.807, 2.05) is 13.8 Å². The van der Waals surface area contributed by atoms with Crippen LogP contribution in [0.1, 0.15) is 65.0 Å². The molecule has 10 heteroatoms. The number of hydrogen-bond donors (Lipinski definition) is 3. The number of nitrogens with zero attached hydrogens (tertiary/aromatic N) is 1. The average molecular weight is 493 g/mol. The number of hydrogen-bond acceptors (Lipinski definition) is 5. The van der Waals surface area contributed by atoms with Crippen LogP contribution in [0.5, 0.6) is 5.75 Å². The molecule has 1 aromatic carbocycles. The first-order valence-corrected chi connectivity index (χ1v) is 12.0. The van der Waals surface area contributed by atoms with Crippen LogP contribution < -0.4 is 15.4 Å². The van der Waals surface area contributed by atoms with Gasteiger partial charge in [-0.2, -0.15) is 0 Å². The monoisotopic (exact) mass is 492 g/mol. The predicted molar refractivity (Wildman–Crippen MR) is 125 cm³/mol. The minimum absolute atomic E-state index is 0.0319. The number of methoxy groups -OCH3 is 1. The number of fused-ring (bicyclic) bond motifs is 1. The summed E-state index contributed by atoms with van der Waals surface area (Å²) in [4.78, 5) is 27.7. The van der Waals surface area contributed by atoms with Crippen molar-refractivity contribution >= 4 is 17.8 Å². The van der Waals surface area contributed by atoms with E-state index in [0.717, 1.165) is 6.07 Å². The summed E-state index contributed by atoms with van der Waals surface area (Å²) >= 11 is 0. The minimum atomic E-state index is -0.798. The molecule has 3 N–H and O–H groups in total. The molecule has 3 aliphatic rings. The lowest BCUT2D eigenvalue weighted by Gasteiger charge is -2.42. The number of ether oxygens (including phenoxy) is 2. The molecule has 1 saturated carbocycles. The summed E-state index contributed by atoms with van der Waals surface area (Å²) in [7, 11) is 1.57. The van der Waals surface area contributed by atoms with E-state index >= 15 is 0 Å². The standard InChI is InChI=1S/C25H34F2N4O4/c1-24(2)12-20(32)31(23(28)30-24)19(6-7-34-5)14-10-15(14)22(33)29-18-11-25(3,4)35-21-16(18)8-13(26)9-17(21)27/h8-9,14-15,18-19H,6-7,10-12H2,1-5H3,(H2,28,30)(H,29,33)/t14?,15-,18-,19-/m1/s1. The molecule has 4 atom stereocenters. The fourth-order valence-corrected chi connectivity index (χ4v) is 5.35. The van der Waals surface area contributed by atoms with Gasteiger partial charge in [0.25, 0.3) is 0 Å². The number of benzene rings is 1. The number of halogens is 2. The molecule has 2 heterocycles. The number of nitrogens with one attached hydrogen (secondary N) is 3. The molecule has 0 aromatic heterocycles. The van der Waals surface area contributed by atoms with Gasteiger partial charge >= 0.3 is 0 Å². The van der Waals surface area contributed by atoms with Crippen molar-refractivity contribution in [3.05, 3.63) is 29.3 Å². The normalized spacial score (nSPS) is 27.4. The molecule has 4 rings (SSSR count). The second-order valence-corrected chi connectivity index (χ2v) is 11.1. The fourth-order valence-electron chi connectivity index (χ4n) is 5.35. The molecule has 1 aliphatic carbocycles. The van der Waals surface area contributed by atoms with Gasteiger partial charge in [-0.3, -0.25) is 19.9 Å². The molecule has 35 heavy (non-hydrogen) atoms. The highest BCUT2D eigenvalue weighted by atomic mass is 19.1. The zero-order chi connectivity index (χ0) is 25.7. The molecular weight excluding hydrogens is 458 g/mol. The smallest absolute Gasteiger partial charge is 0.231 e. The lowest BCUT2D eigenvalue weighted by molar-refractivity contribution is -0.133. The zero-order valence-corrected chi connectivity index (χ0v) is 20.8. The second kappa shape index (κ2) is 9.04. The summed E-state index contributed by atoms with van der Waals surface area (Å²) in [5.41, 5.74) is -0.978. The Morgan fingerprint density at radius 1 is 1.34 bits per heavy atom. The molecule has 0 bridgehead atoms. The Balaban J connectivity index is 1.51. The largest absolute Gasteiger partial charge is 0.484 e. The van der Waals surface area contributed by atoms with Crippen LogP contribution in [0.2, 0.25) is 0 Å². The Morgan fingerprint density at radius 2 is 2.06 bits per heavy atom. The van der Waals surface area contributed by atoms with E-state index in [2.05, 4.69) is 10.6 Å². The van der Waals surface area contributed by atoms with Gasteiger partial charge in [0.05, 0.1) is 6.04 Å². The van der Waals surface area contributed by atoms with Crippen molar-refractivity contribution in [1.82, 2.24) is 15.5 Å². The van der Waals surface area contributed by atoms with E-state index in [4.69, 9.17) is 14.9 Å². The summed E-state index contributed by atoms with van der Waals surface area (Å²) in [6.45, 7) is 7.71. The van der Waals surface area contributed by atoms with Gasteiger partial charge in [0.15, 0.2) is 17.5 Å². The van der Waals surface area contributed by atoms with Crippen molar-refractivity contribution in [2.45, 2.75) is 76.6 Å². The van der Waals surface area contributed by atoms with E-state index in [9.17, 15) is 18.4 Å². The molecule has 1 unspecified atom stereocenters. The molecule has 2 aliphatic heterocycles. The molecule has 0 radical (unpaired) electrons. The van der Waals surface area contributed by atoms with Crippen LogP contribution in [0.25, 0.3) is 0 Å².